The summed E-state index contributed by atoms with van der Waals surface area (Å²) in [5.41, 5.74) is 0.0518. The van der Waals surface area contributed by atoms with Crippen molar-refractivity contribution in [1.82, 2.24) is 19.7 Å². The Kier molecular flexibility index (Phi) is 7.76. The second kappa shape index (κ2) is 10.5. The summed E-state index contributed by atoms with van der Waals surface area (Å²) >= 11 is 0. The second-order valence-corrected chi connectivity index (χ2v) is 7.52. The van der Waals surface area contributed by atoms with Crippen molar-refractivity contribution in [3.63, 3.8) is 0 Å². The first-order valence-electron chi connectivity index (χ1n) is 10.5. The molecule has 1 aliphatic rings. The molecule has 0 aromatic carbocycles. The molecule has 1 fully saturated rings. The second-order valence-electron chi connectivity index (χ2n) is 7.52. The molecule has 0 saturated carbocycles. The van der Waals surface area contributed by atoms with Crippen LogP contribution in [-0.4, -0.2) is 49.6 Å². The van der Waals surface area contributed by atoms with Gasteiger partial charge in [0.15, 0.2) is 18.0 Å². The number of ether oxygens (including phenoxy) is 2. The van der Waals surface area contributed by atoms with Crippen LogP contribution < -0.4 is 5.56 Å². The van der Waals surface area contributed by atoms with Crippen LogP contribution >= 0.6 is 0 Å². The highest BCUT2D eigenvalue weighted by Gasteiger charge is 2.40. The van der Waals surface area contributed by atoms with E-state index in [0.717, 1.165) is 19.3 Å². The quantitative estimate of drug-likeness (QED) is 0.434. The summed E-state index contributed by atoms with van der Waals surface area (Å²) in [5, 5.41) is 14.0. The highest BCUT2D eigenvalue weighted by atomic mass is 16.6. The molecule has 1 aliphatic heterocycles. The number of nitrogens with zero attached hydrogens (tertiary/aromatic N) is 3. The zero-order chi connectivity index (χ0) is 20.6. The number of nitrogens with one attached hydrogen (secondary N) is 1. The van der Waals surface area contributed by atoms with Crippen molar-refractivity contribution in [2.24, 2.45) is 0 Å². The highest BCUT2D eigenvalue weighted by molar-refractivity contribution is 5.73. The van der Waals surface area contributed by atoms with Gasteiger partial charge in [0.1, 0.15) is 5.39 Å². The Bertz CT molecular complexity index is 849. The van der Waals surface area contributed by atoms with Gasteiger partial charge in [0.05, 0.1) is 25.2 Å². The number of esters is 1. The van der Waals surface area contributed by atoms with Crippen LogP contribution in [0, 0.1) is 0 Å². The van der Waals surface area contributed by atoms with Gasteiger partial charge < -0.3 is 19.6 Å². The van der Waals surface area contributed by atoms with E-state index in [-0.39, 0.29) is 18.1 Å². The van der Waals surface area contributed by atoms with Crippen LogP contribution in [0.3, 0.4) is 0 Å². The molecule has 0 radical (unpaired) electrons. The molecule has 0 bridgehead atoms. The minimum atomic E-state index is -0.725. The summed E-state index contributed by atoms with van der Waals surface area (Å²) in [6.07, 6.45) is 9.55. The van der Waals surface area contributed by atoms with Crippen LogP contribution in [0.5, 0.6) is 0 Å². The van der Waals surface area contributed by atoms with Gasteiger partial charge in [-0.2, -0.15) is 5.10 Å². The summed E-state index contributed by atoms with van der Waals surface area (Å²) in [6, 6.07) is 0. The van der Waals surface area contributed by atoms with Crippen molar-refractivity contribution >= 4 is 17.0 Å². The molecule has 2 aromatic heterocycles. The van der Waals surface area contributed by atoms with Crippen molar-refractivity contribution in [2.45, 2.75) is 83.1 Å². The lowest BCUT2D eigenvalue weighted by molar-refractivity contribution is -0.155. The van der Waals surface area contributed by atoms with Gasteiger partial charge in [-0.25, -0.2) is 9.67 Å². The number of carbonyl (C=O) groups excluding carboxylic acids is 1. The number of aromatic nitrogens is 4. The number of unbranched alkanes of at least 4 members (excludes halogenated alkanes) is 6. The van der Waals surface area contributed by atoms with Crippen molar-refractivity contribution < 1.29 is 19.4 Å². The van der Waals surface area contributed by atoms with E-state index in [1.54, 1.807) is 0 Å². The minimum absolute atomic E-state index is 0.185. The van der Waals surface area contributed by atoms with E-state index in [1.165, 1.54) is 42.9 Å². The summed E-state index contributed by atoms with van der Waals surface area (Å²) in [7, 11) is 0. The van der Waals surface area contributed by atoms with E-state index in [1.807, 2.05) is 0 Å². The molecule has 9 heteroatoms. The van der Waals surface area contributed by atoms with Gasteiger partial charge in [0.25, 0.3) is 5.56 Å². The van der Waals surface area contributed by atoms with Gasteiger partial charge in [0.2, 0.25) is 0 Å². The highest BCUT2D eigenvalue weighted by Crippen LogP contribution is 2.32. The van der Waals surface area contributed by atoms with E-state index >= 15 is 0 Å². The number of fused-ring (bicyclic) bond motifs is 1. The fourth-order valence-corrected chi connectivity index (χ4v) is 3.67. The van der Waals surface area contributed by atoms with Crippen molar-refractivity contribution in [3.8, 4) is 0 Å². The number of hydrogen-bond acceptors (Lipinski definition) is 7. The molecule has 2 aromatic rings. The molecule has 0 aliphatic carbocycles. The Morgan fingerprint density at radius 3 is 2.83 bits per heavy atom. The van der Waals surface area contributed by atoms with Crippen LogP contribution in [0.15, 0.2) is 17.3 Å². The molecule has 1 saturated heterocycles. The van der Waals surface area contributed by atoms with Crippen molar-refractivity contribution in [2.75, 3.05) is 6.61 Å². The molecule has 160 valence electrons. The Labute approximate surface area is 169 Å². The number of H-pyrrole nitrogens is 1. The number of carbonyl (C=O) groups is 1. The molecule has 3 heterocycles. The molecule has 0 amide bonds. The maximum absolute atomic E-state index is 12.3. The third-order valence-corrected chi connectivity index (χ3v) is 5.25. The predicted octanol–water partition coefficient (Wildman–Crippen LogP) is 2.45. The standard InChI is InChI=1S/C20H30N4O5/c1-2-3-4-5-6-7-8-9-17(26)29-16-10-14(12-25)28-20(16)24-18-15(11-23-24)19(27)22-13-21-18/h11,13-14,16,20,25H,2-10,12H2,1H3,(H,21,22,27)/t14-,16+,20+/m0/s1. The van der Waals surface area contributed by atoms with E-state index in [0.29, 0.717) is 23.9 Å². The van der Waals surface area contributed by atoms with Crippen LogP contribution in [0.25, 0.3) is 11.0 Å². The Balaban J connectivity index is 1.57. The molecular weight excluding hydrogens is 376 g/mol. The smallest absolute Gasteiger partial charge is 0.306 e. The summed E-state index contributed by atoms with van der Waals surface area (Å²) in [5.74, 6) is -0.280. The normalized spacial score (nSPS) is 21.7. The summed E-state index contributed by atoms with van der Waals surface area (Å²) in [4.78, 5) is 30.9. The number of aliphatic hydroxyl groups excluding tert-OH is 1. The van der Waals surface area contributed by atoms with Crippen LogP contribution in [0.2, 0.25) is 0 Å². The predicted molar refractivity (Wildman–Crippen MR) is 106 cm³/mol. The van der Waals surface area contributed by atoms with Crippen LogP contribution in [-0.2, 0) is 14.3 Å². The Morgan fingerprint density at radius 1 is 1.31 bits per heavy atom. The van der Waals surface area contributed by atoms with Gasteiger partial charge in [-0.1, -0.05) is 45.4 Å². The molecular formula is C20H30N4O5. The van der Waals surface area contributed by atoms with Gasteiger partial charge >= 0.3 is 5.97 Å². The van der Waals surface area contributed by atoms with E-state index in [2.05, 4.69) is 22.0 Å². The first-order valence-corrected chi connectivity index (χ1v) is 10.5. The number of aliphatic hydroxyl groups is 1. The third kappa shape index (κ3) is 5.42. The monoisotopic (exact) mass is 406 g/mol. The zero-order valence-electron chi connectivity index (χ0n) is 16.9. The average molecular weight is 406 g/mol. The largest absolute Gasteiger partial charge is 0.457 e. The molecule has 3 atom stereocenters. The Morgan fingerprint density at radius 2 is 2.07 bits per heavy atom. The molecule has 0 spiro atoms. The fourth-order valence-electron chi connectivity index (χ4n) is 3.67. The minimum Gasteiger partial charge on any atom is -0.457 e. The van der Waals surface area contributed by atoms with Gasteiger partial charge in [-0.3, -0.25) is 9.59 Å². The van der Waals surface area contributed by atoms with Gasteiger partial charge in [-0.15, -0.1) is 0 Å². The fraction of sp³-hybridized carbons (Fsp3) is 0.700. The van der Waals surface area contributed by atoms with Crippen molar-refractivity contribution in [3.05, 3.63) is 22.9 Å². The summed E-state index contributed by atoms with van der Waals surface area (Å²) in [6.45, 7) is 2.01. The number of aromatic amines is 1. The molecule has 2 N–H and O–H groups in total. The first-order chi connectivity index (χ1) is 14.1. The van der Waals surface area contributed by atoms with E-state index < -0.39 is 18.4 Å². The maximum atomic E-state index is 12.3. The van der Waals surface area contributed by atoms with Crippen LogP contribution in [0.1, 0.15) is 70.9 Å². The molecule has 0 unspecified atom stereocenters. The molecule has 3 rings (SSSR count). The lowest BCUT2D eigenvalue weighted by atomic mass is 10.1. The third-order valence-electron chi connectivity index (χ3n) is 5.25. The first kappa shape index (κ1) is 21.4. The number of hydrogen-bond donors (Lipinski definition) is 2. The van der Waals surface area contributed by atoms with Gasteiger partial charge in [0, 0.05) is 12.8 Å². The van der Waals surface area contributed by atoms with E-state index in [9.17, 15) is 14.7 Å². The SMILES string of the molecule is CCCCCCCCCC(=O)O[C@@H]1C[C@@H](CO)O[C@H]1n1ncc2c(=O)[nH]cnc21. The summed E-state index contributed by atoms with van der Waals surface area (Å²) < 4.78 is 12.9. The molecule has 9 nitrogen and oxygen atoms in total. The zero-order valence-corrected chi connectivity index (χ0v) is 16.9. The molecule has 29 heavy (non-hydrogen) atoms. The Hall–Kier alpha value is -2.26. The van der Waals surface area contributed by atoms with E-state index in [4.69, 9.17) is 9.47 Å². The number of rotatable bonds is 11. The lowest BCUT2D eigenvalue weighted by Crippen LogP contribution is -2.26. The lowest BCUT2D eigenvalue weighted by Gasteiger charge is -2.19. The van der Waals surface area contributed by atoms with Crippen LogP contribution in [0.4, 0.5) is 0 Å². The average Bonchev–Trinajstić information content (AvgIpc) is 3.31. The topological polar surface area (TPSA) is 119 Å². The van der Waals surface area contributed by atoms with Gasteiger partial charge in [-0.05, 0) is 6.42 Å². The maximum Gasteiger partial charge on any atom is 0.306 e. The van der Waals surface area contributed by atoms with Crippen molar-refractivity contribution in [1.29, 1.82) is 0 Å².